The summed E-state index contributed by atoms with van der Waals surface area (Å²) < 4.78 is 15.4. The van der Waals surface area contributed by atoms with Crippen molar-refractivity contribution in [1.29, 1.82) is 0 Å². The highest BCUT2D eigenvalue weighted by atomic mass is 32.1. The summed E-state index contributed by atoms with van der Waals surface area (Å²) in [4.78, 5) is 0. The summed E-state index contributed by atoms with van der Waals surface area (Å²) in [6.45, 7) is 1.81. The zero-order valence-corrected chi connectivity index (χ0v) is 12.2. The van der Waals surface area contributed by atoms with Crippen LogP contribution in [0.1, 0.15) is 5.76 Å². The summed E-state index contributed by atoms with van der Waals surface area (Å²) in [6.07, 6.45) is 0. The van der Waals surface area contributed by atoms with Crippen LogP contribution in [-0.2, 0) is 0 Å². The molecule has 6 nitrogen and oxygen atoms in total. The lowest BCUT2D eigenvalue weighted by atomic mass is 10.2. The summed E-state index contributed by atoms with van der Waals surface area (Å²) >= 11 is 5.21. The van der Waals surface area contributed by atoms with Crippen LogP contribution in [-0.4, -0.2) is 24.5 Å². The quantitative estimate of drug-likeness (QED) is 0.840. The third kappa shape index (κ3) is 3.39. The van der Waals surface area contributed by atoms with Gasteiger partial charge in [0.05, 0.1) is 19.9 Å². The highest BCUT2D eigenvalue weighted by Gasteiger charge is 2.08. The van der Waals surface area contributed by atoms with Gasteiger partial charge in [-0.3, -0.25) is 0 Å². The predicted octanol–water partition coefficient (Wildman–Crippen LogP) is 2.81. The summed E-state index contributed by atoms with van der Waals surface area (Å²) in [5, 5.41) is 10.1. The first kappa shape index (κ1) is 14.1. The molecule has 2 aromatic rings. The molecule has 0 fully saturated rings. The van der Waals surface area contributed by atoms with Gasteiger partial charge in [-0.1, -0.05) is 5.16 Å². The fourth-order valence-electron chi connectivity index (χ4n) is 1.61. The van der Waals surface area contributed by atoms with Gasteiger partial charge >= 0.3 is 0 Å². The number of benzene rings is 1. The second kappa shape index (κ2) is 6.25. The lowest BCUT2D eigenvalue weighted by Crippen LogP contribution is -2.19. The molecule has 0 aliphatic carbocycles. The molecule has 20 heavy (non-hydrogen) atoms. The molecule has 0 atom stereocenters. The Balaban J connectivity index is 2.10. The Kier molecular flexibility index (Phi) is 4.41. The molecule has 0 saturated carbocycles. The van der Waals surface area contributed by atoms with Crippen LogP contribution >= 0.6 is 12.2 Å². The third-order valence-electron chi connectivity index (χ3n) is 2.52. The van der Waals surface area contributed by atoms with Crippen molar-refractivity contribution in [1.82, 2.24) is 5.16 Å². The van der Waals surface area contributed by atoms with Crippen molar-refractivity contribution in [2.24, 2.45) is 0 Å². The van der Waals surface area contributed by atoms with Gasteiger partial charge < -0.3 is 24.6 Å². The number of nitrogens with zero attached hydrogens (tertiary/aromatic N) is 1. The molecule has 7 heteroatoms. The number of anilines is 2. The smallest absolute Gasteiger partial charge is 0.176 e. The maximum atomic E-state index is 5.26. The fourth-order valence-corrected chi connectivity index (χ4v) is 1.82. The van der Waals surface area contributed by atoms with Crippen LogP contribution in [0.5, 0.6) is 11.5 Å². The van der Waals surface area contributed by atoms with E-state index in [1.807, 2.05) is 6.07 Å². The van der Waals surface area contributed by atoms with Gasteiger partial charge in [-0.25, -0.2) is 0 Å². The lowest BCUT2D eigenvalue weighted by Gasteiger charge is -2.13. The van der Waals surface area contributed by atoms with Crippen molar-refractivity contribution in [2.45, 2.75) is 6.92 Å². The average Bonchev–Trinajstić information content (AvgIpc) is 2.83. The number of rotatable bonds is 4. The Labute approximate surface area is 122 Å². The van der Waals surface area contributed by atoms with Gasteiger partial charge in [0.15, 0.2) is 10.9 Å². The second-order valence-corrected chi connectivity index (χ2v) is 4.38. The van der Waals surface area contributed by atoms with Crippen LogP contribution in [0.25, 0.3) is 0 Å². The summed E-state index contributed by atoms with van der Waals surface area (Å²) in [5.41, 5.74) is 0.699. The molecule has 0 aliphatic rings. The molecule has 1 aromatic carbocycles. The minimum atomic E-state index is 0.379. The molecule has 2 N–H and O–H groups in total. The van der Waals surface area contributed by atoms with Crippen LogP contribution in [0, 0.1) is 6.92 Å². The van der Waals surface area contributed by atoms with E-state index in [2.05, 4.69) is 15.8 Å². The fraction of sp³-hybridized carbons (Fsp3) is 0.231. The van der Waals surface area contributed by atoms with Crippen LogP contribution < -0.4 is 20.1 Å². The van der Waals surface area contributed by atoms with E-state index in [-0.39, 0.29) is 0 Å². The number of aryl methyl sites for hydroxylation is 1. The lowest BCUT2D eigenvalue weighted by molar-refractivity contribution is 0.400. The Bertz CT molecular complexity index is 613. The molecule has 1 aromatic heterocycles. The molecule has 0 unspecified atom stereocenters. The van der Waals surface area contributed by atoms with Gasteiger partial charge in [0.1, 0.15) is 17.3 Å². The van der Waals surface area contributed by atoms with Gasteiger partial charge in [0, 0.05) is 12.1 Å². The first-order valence-corrected chi connectivity index (χ1v) is 6.26. The molecule has 0 aliphatic heterocycles. The summed E-state index contributed by atoms with van der Waals surface area (Å²) in [5.74, 6) is 2.61. The Morgan fingerprint density at radius 3 is 2.60 bits per heavy atom. The maximum absolute atomic E-state index is 5.26. The van der Waals surface area contributed by atoms with Crippen molar-refractivity contribution in [3.8, 4) is 11.5 Å². The van der Waals surface area contributed by atoms with Gasteiger partial charge in [-0.05, 0) is 31.3 Å². The van der Waals surface area contributed by atoms with Crippen LogP contribution in [0.15, 0.2) is 28.8 Å². The predicted molar refractivity (Wildman–Crippen MR) is 80.6 cm³/mol. The average molecular weight is 293 g/mol. The Morgan fingerprint density at radius 1 is 1.20 bits per heavy atom. The number of aromatic nitrogens is 1. The van der Waals surface area contributed by atoms with E-state index >= 15 is 0 Å². The molecule has 0 amide bonds. The van der Waals surface area contributed by atoms with Crippen molar-refractivity contribution in [3.05, 3.63) is 30.0 Å². The molecule has 0 spiro atoms. The first-order valence-electron chi connectivity index (χ1n) is 5.85. The standard InChI is InChI=1S/C13H15N3O3S/c1-8-6-12(16-19-8)15-13(20)14-10-7-9(17-2)4-5-11(10)18-3/h4-7H,1-3H3,(H2,14,15,16,20). The van der Waals surface area contributed by atoms with E-state index < -0.39 is 0 Å². The molecule has 0 radical (unpaired) electrons. The van der Waals surface area contributed by atoms with Crippen LogP contribution in [0.3, 0.4) is 0 Å². The molecular formula is C13H15N3O3S. The summed E-state index contributed by atoms with van der Waals surface area (Å²) in [7, 11) is 3.19. The Hall–Kier alpha value is -2.28. The van der Waals surface area contributed by atoms with E-state index in [9.17, 15) is 0 Å². The number of ether oxygens (including phenoxy) is 2. The molecule has 0 bridgehead atoms. The molecule has 2 rings (SSSR count). The van der Waals surface area contributed by atoms with E-state index in [1.54, 1.807) is 39.3 Å². The van der Waals surface area contributed by atoms with Crippen molar-refractivity contribution in [2.75, 3.05) is 24.9 Å². The highest BCUT2D eigenvalue weighted by Crippen LogP contribution is 2.28. The van der Waals surface area contributed by atoms with Gasteiger partial charge in [0.2, 0.25) is 0 Å². The number of methoxy groups -OCH3 is 2. The zero-order chi connectivity index (χ0) is 14.5. The van der Waals surface area contributed by atoms with Crippen LogP contribution in [0.4, 0.5) is 11.5 Å². The maximum Gasteiger partial charge on any atom is 0.176 e. The number of hydrogen-bond acceptors (Lipinski definition) is 5. The summed E-state index contributed by atoms with van der Waals surface area (Å²) in [6, 6.07) is 7.14. The van der Waals surface area contributed by atoms with Crippen molar-refractivity contribution >= 4 is 28.8 Å². The third-order valence-corrected chi connectivity index (χ3v) is 2.73. The van der Waals surface area contributed by atoms with E-state index in [4.69, 9.17) is 26.2 Å². The van der Waals surface area contributed by atoms with E-state index in [0.29, 0.717) is 33.9 Å². The second-order valence-electron chi connectivity index (χ2n) is 3.97. The van der Waals surface area contributed by atoms with Gasteiger partial charge in [0.25, 0.3) is 0 Å². The Morgan fingerprint density at radius 2 is 2.00 bits per heavy atom. The van der Waals surface area contributed by atoms with Gasteiger partial charge in [-0.2, -0.15) is 0 Å². The minimum absolute atomic E-state index is 0.379. The van der Waals surface area contributed by atoms with E-state index in [1.165, 1.54) is 0 Å². The largest absolute Gasteiger partial charge is 0.497 e. The van der Waals surface area contributed by atoms with Crippen molar-refractivity contribution < 1.29 is 14.0 Å². The highest BCUT2D eigenvalue weighted by molar-refractivity contribution is 7.80. The molecule has 1 heterocycles. The SMILES string of the molecule is COc1ccc(OC)c(NC(=S)Nc2cc(C)on2)c1. The van der Waals surface area contributed by atoms with Gasteiger partial charge in [-0.15, -0.1) is 0 Å². The topological polar surface area (TPSA) is 68.6 Å². The number of thiocarbonyl (C=S) groups is 1. The minimum Gasteiger partial charge on any atom is -0.497 e. The molecule has 0 saturated heterocycles. The number of nitrogens with one attached hydrogen (secondary N) is 2. The normalized spacial score (nSPS) is 9.95. The molecule has 106 valence electrons. The van der Waals surface area contributed by atoms with Crippen molar-refractivity contribution in [3.63, 3.8) is 0 Å². The molecular weight excluding hydrogens is 278 g/mol. The number of hydrogen-bond donors (Lipinski definition) is 2. The zero-order valence-electron chi connectivity index (χ0n) is 11.4. The van der Waals surface area contributed by atoms with Crippen LogP contribution in [0.2, 0.25) is 0 Å². The first-order chi connectivity index (χ1) is 9.62. The van der Waals surface area contributed by atoms with E-state index in [0.717, 1.165) is 0 Å². The monoisotopic (exact) mass is 293 g/mol.